The van der Waals surface area contributed by atoms with Gasteiger partial charge in [0, 0.05) is 48.4 Å². The molecule has 1 saturated carbocycles. The molecule has 3 aromatic rings. The zero-order chi connectivity index (χ0) is 27.1. The Morgan fingerprint density at radius 1 is 1.03 bits per heavy atom. The molecule has 1 atom stereocenters. The SMILES string of the molecule is CS(=O)(=O)Nc1ccc(Cl)cc1C(=O)N1CCCC[C@H]1c1cc2nc(C3CCC3)cc(N3CCOCC3)n2n1. The van der Waals surface area contributed by atoms with E-state index < -0.39 is 10.0 Å². The van der Waals surface area contributed by atoms with Crippen LogP contribution >= 0.6 is 11.6 Å². The Morgan fingerprint density at radius 2 is 1.82 bits per heavy atom. The van der Waals surface area contributed by atoms with Crippen LogP contribution in [0.5, 0.6) is 0 Å². The summed E-state index contributed by atoms with van der Waals surface area (Å²) in [5.74, 6) is 1.21. The van der Waals surface area contributed by atoms with Crippen LogP contribution in [0, 0.1) is 0 Å². The minimum absolute atomic E-state index is 0.215. The molecule has 4 heterocycles. The summed E-state index contributed by atoms with van der Waals surface area (Å²) in [6, 6.07) is 8.55. The Morgan fingerprint density at radius 3 is 2.54 bits per heavy atom. The number of hydrogen-bond donors (Lipinski definition) is 1. The van der Waals surface area contributed by atoms with Crippen LogP contribution in [0.2, 0.25) is 5.02 Å². The summed E-state index contributed by atoms with van der Waals surface area (Å²) < 4.78 is 33.9. The largest absolute Gasteiger partial charge is 0.378 e. The molecule has 0 spiro atoms. The molecule has 1 aromatic carbocycles. The summed E-state index contributed by atoms with van der Waals surface area (Å²) >= 11 is 6.24. The smallest absolute Gasteiger partial charge is 0.256 e. The molecule has 0 radical (unpaired) electrons. The van der Waals surface area contributed by atoms with Crippen LogP contribution in [0.15, 0.2) is 30.3 Å². The van der Waals surface area contributed by atoms with E-state index in [1.807, 2.05) is 10.6 Å². The fourth-order valence-corrected chi connectivity index (χ4v) is 6.46. The van der Waals surface area contributed by atoms with E-state index in [4.69, 9.17) is 26.4 Å². The second-order valence-electron chi connectivity index (χ2n) is 10.7. The molecule has 0 bridgehead atoms. The van der Waals surface area contributed by atoms with Gasteiger partial charge in [0.15, 0.2) is 5.65 Å². The number of nitrogens with zero attached hydrogens (tertiary/aromatic N) is 5. The highest BCUT2D eigenvalue weighted by molar-refractivity contribution is 7.92. The van der Waals surface area contributed by atoms with Crippen molar-refractivity contribution in [3.63, 3.8) is 0 Å². The number of rotatable bonds is 6. The van der Waals surface area contributed by atoms with Gasteiger partial charge in [0.05, 0.1) is 42.5 Å². The van der Waals surface area contributed by atoms with E-state index in [0.29, 0.717) is 30.7 Å². The van der Waals surface area contributed by atoms with Crippen LogP contribution in [-0.2, 0) is 14.8 Å². The number of amides is 1. The van der Waals surface area contributed by atoms with Crippen molar-refractivity contribution in [2.24, 2.45) is 0 Å². The molecule has 1 aliphatic carbocycles. The van der Waals surface area contributed by atoms with Gasteiger partial charge in [0.2, 0.25) is 10.0 Å². The standard InChI is InChI=1S/C27H33ClN6O4S/c1-39(36,37)31-21-9-8-19(28)15-20(21)27(35)33-10-3-2-7-24(33)23-16-25-29-22(18-5-4-6-18)17-26(34(25)30-23)32-11-13-38-14-12-32/h8-9,15-18,24,31H,2-7,10-14H2,1H3/t24-/m0/s1. The molecule has 3 aliphatic rings. The highest BCUT2D eigenvalue weighted by atomic mass is 35.5. The monoisotopic (exact) mass is 572 g/mol. The van der Waals surface area contributed by atoms with E-state index in [0.717, 1.165) is 74.3 Å². The predicted octanol–water partition coefficient (Wildman–Crippen LogP) is 4.23. The molecule has 2 aliphatic heterocycles. The molecule has 12 heteroatoms. The summed E-state index contributed by atoms with van der Waals surface area (Å²) in [5, 5.41) is 5.38. The normalized spacial score (nSPS) is 20.7. The molecule has 2 saturated heterocycles. The summed E-state index contributed by atoms with van der Waals surface area (Å²) in [6.45, 7) is 3.46. The van der Waals surface area contributed by atoms with Crippen LogP contribution < -0.4 is 9.62 Å². The van der Waals surface area contributed by atoms with Gasteiger partial charge in [0.25, 0.3) is 5.91 Å². The molecular formula is C27H33ClN6O4S. The Bertz CT molecular complexity index is 1500. The van der Waals surface area contributed by atoms with E-state index in [2.05, 4.69) is 15.7 Å². The first-order valence-corrected chi connectivity index (χ1v) is 15.9. The van der Waals surface area contributed by atoms with Crippen molar-refractivity contribution in [3.05, 3.63) is 52.3 Å². The van der Waals surface area contributed by atoms with E-state index in [1.54, 1.807) is 11.0 Å². The number of benzene rings is 1. The van der Waals surface area contributed by atoms with Crippen molar-refractivity contribution in [2.45, 2.75) is 50.5 Å². The highest BCUT2D eigenvalue weighted by Gasteiger charge is 2.33. The molecule has 0 unspecified atom stereocenters. The zero-order valence-electron chi connectivity index (χ0n) is 22.0. The minimum Gasteiger partial charge on any atom is -0.378 e. The first-order chi connectivity index (χ1) is 18.8. The van der Waals surface area contributed by atoms with Crippen molar-refractivity contribution >= 4 is 44.7 Å². The third-order valence-corrected chi connectivity index (χ3v) is 8.74. The van der Waals surface area contributed by atoms with Crippen molar-refractivity contribution in [1.82, 2.24) is 19.5 Å². The van der Waals surface area contributed by atoms with Gasteiger partial charge in [-0.1, -0.05) is 18.0 Å². The first kappa shape index (κ1) is 26.3. The van der Waals surface area contributed by atoms with E-state index >= 15 is 0 Å². The quantitative estimate of drug-likeness (QED) is 0.471. The second-order valence-corrected chi connectivity index (χ2v) is 12.9. The first-order valence-electron chi connectivity index (χ1n) is 13.6. The summed E-state index contributed by atoms with van der Waals surface area (Å²) in [5.41, 5.74) is 3.12. The van der Waals surface area contributed by atoms with Gasteiger partial charge in [-0.3, -0.25) is 9.52 Å². The average Bonchev–Trinajstić information content (AvgIpc) is 3.32. The lowest BCUT2D eigenvalue weighted by Gasteiger charge is -2.35. The van der Waals surface area contributed by atoms with Gasteiger partial charge >= 0.3 is 0 Å². The van der Waals surface area contributed by atoms with Crippen molar-refractivity contribution in [3.8, 4) is 0 Å². The van der Waals surface area contributed by atoms with Crippen LogP contribution in [0.3, 0.4) is 0 Å². The topological polar surface area (TPSA) is 109 Å². The Kier molecular flexibility index (Phi) is 7.15. The lowest BCUT2D eigenvalue weighted by Crippen LogP contribution is -2.39. The van der Waals surface area contributed by atoms with Crippen LogP contribution in [0.1, 0.15) is 72.2 Å². The number of anilines is 2. The third kappa shape index (κ3) is 5.44. The highest BCUT2D eigenvalue weighted by Crippen LogP contribution is 2.38. The van der Waals surface area contributed by atoms with Gasteiger partial charge in [-0.25, -0.2) is 13.4 Å². The maximum atomic E-state index is 13.9. The van der Waals surface area contributed by atoms with Crippen LogP contribution in [0.4, 0.5) is 11.5 Å². The van der Waals surface area contributed by atoms with E-state index in [-0.39, 0.29) is 23.2 Å². The zero-order valence-corrected chi connectivity index (χ0v) is 23.5. The number of carbonyl (C=O) groups is 1. The number of aromatic nitrogens is 3. The molecule has 208 valence electrons. The van der Waals surface area contributed by atoms with Crippen molar-refractivity contribution in [2.75, 3.05) is 48.7 Å². The molecule has 1 N–H and O–H groups in total. The summed E-state index contributed by atoms with van der Waals surface area (Å²) in [6.07, 6.45) is 7.17. The van der Waals surface area contributed by atoms with Gasteiger partial charge in [-0.2, -0.15) is 9.61 Å². The van der Waals surface area contributed by atoms with E-state index in [9.17, 15) is 13.2 Å². The number of fused-ring (bicyclic) bond motifs is 1. The van der Waals surface area contributed by atoms with Gasteiger partial charge in [0.1, 0.15) is 5.82 Å². The molecule has 39 heavy (non-hydrogen) atoms. The molecular weight excluding hydrogens is 540 g/mol. The minimum atomic E-state index is -3.59. The van der Waals surface area contributed by atoms with Crippen molar-refractivity contribution in [1.29, 1.82) is 0 Å². The Labute approximate surface area is 233 Å². The number of likely N-dealkylation sites (tertiary alicyclic amines) is 1. The predicted molar refractivity (Wildman–Crippen MR) is 150 cm³/mol. The lowest BCUT2D eigenvalue weighted by atomic mass is 9.83. The second kappa shape index (κ2) is 10.6. The number of halogens is 1. The van der Waals surface area contributed by atoms with Gasteiger partial charge in [-0.05, 0) is 50.3 Å². The number of carbonyl (C=O) groups excluding carboxylic acids is 1. The average molecular weight is 573 g/mol. The Hall–Kier alpha value is -2.89. The number of morpholine rings is 1. The summed E-state index contributed by atoms with van der Waals surface area (Å²) in [7, 11) is -3.59. The van der Waals surface area contributed by atoms with Gasteiger partial charge in [-0.15, -0.1) is 0 Å². The Balaban J connectivity index is 1.38. The lowest BCUT2D eigenvalue weighted by molar-refractivity contribution is 0.0607. The maximum absolute atomic E-state index is 13.9. The molecule has 2 aromatic heterocycles. The van der Waals surface area contributed by atoms with Crippen LogP contribution in [0.25, 0.3) is 5.65 Å². The number of ether oxygens (including phenoxy) is 1. The number of nitrogens with one attached hydrogen (secondary N) is 1. The van der Waals surface area contributed by atoms with Crippen LogP contribution in [-0.4, -0.2) is 72.9 Å². The molecule has 3 fully saturated rings. The molecule has 1 amide bonds. The van der Waals surface area contributed by atoms with Gasteiger partial charge < -0.3 is 14.5 Å². The fraction of sp³-hybridized carbons (Fsp3) is 0.519. The number of sulfonamides is 1. The number of hydrogen-bond acceptors (Lipinski definition) is 7. The third-order valence-electron chi connectivity index (χ3n) is 7.92. The number of piperidine rings is 1. The molecule has 10 nitrogen and oxygen atoms in total. The summed E-state index contributed by atoms with van der Waals surface area (Å²) in [4.78, 5) is 23.0. The van der Waals surface area contributed by atoms with Crippen molar-refractivity contribution < 1.29 is 17.9 Å². The molecule has 6 rings (SSSR count). The fourth-order valence-electron chi connectivity index (χ4n) is 5.71. The maximum Gasteiger partial charge on any atom is 0.256 e. The van der Waals surface area contributed by atoms with E-state index in [1.165, 1.54) is 18.6 Å².